The molecule has 0 radical (unpaired) electrons. The zero-order valence-electron chi connectivity index (χ0n) is 19.1. The van der Waals surface area contributed by atoms with Crippen LogP contribution in [0.5, 0.6) is 5.75 Å². The Bertz CT molecular complexity index is 1020. The van der Waals surface area contributed by atoms with Crippen molar-refractivity contribution in [2.24, 2.45) is 0 Å². The molecule has 0 bridgehead atoms. The van der Waals surface area contributed by atoms with Crippen molar-refractivity contribution < 1.29 is 9.53 Å². The SMILES string of the molecule is CCCCCOc1cccc(C(=O)N(CCN(CC)CC)c2nc3ccc(Cl)cc3s2)c1. The van der Waals surface area contributed by atoms with Gasteiger partial charge in [0.15, 0.2) is 5.13 Å². The monoisotopic (exact) mass is 473 g/mol. The molecule has 32 heavy (non-hydrogen) atoms. The minimum Gasteiger partial charge on any atom is -0.494 e. The molecule has 3 aromatic rings. The maximum Gasteiger partial charge on any atom is 0.260 e. The van der Waals surface area contributed by atoms with Crippen LogP contribution in [0.4, 0.5) is 5.13 Å². The summed E-state index contributed by atoms with van der Waals surface area (Å²) < 4.78 is 6.85. The molecule has 5 nitrogen and oxygen atoms in total. The Kier molecular flexibility index (Phi) is 9.33. The number of nitrogens with zero attached hydrogens (tertiary/aromatic N) is 3. The highest BCUT2D eigenvalue weighted by atomic mass is 35.5. The van der Waals surface area contributed by atoms with Crippen molar-refractivity contribution in [1.82, 2.24) is 9.88 Å². The number of halogens is 1. The number of carbonyl (C=O) groups excluding carboxylic acids is 1. The Morgan fingerprint density at radius 3 is 2.62 bits per heavy atom. The van der Waals surface area contributed by atoms with E-state index < -0.39 is 0 Å². The maximum absolute atomic E-state index is 13.6. The molecular weight excluding hydrogens is 442 g/mol. The summed E-state index contributed by atoms with van der Waals surface area (Å²) in [4.78, 5) is 22.4. The van der Waals surface area contributed by atoms with Crippen molar-refractivity contribution in [3.05, 3.63) is 53.1 Å². The summed E-state index contributed by atoms with van der Waals surface area (Å²) in [6.45, 7) is 10.3. The van der Waals surface area contributed by atoms with Crippen molar-refractivity contribution in [2.45, 2.75) is 40.0 Å². The van der Waals surface area contributed by atoms with Gasteiger partial charge in [0, 0.05) is 23.7 Å². The smallest absolute Gasteiger partial charge is 0.260 e. The minimum absolute atomic E-state index is 0.0682. The van der Waals surface area contributed by atoms with Crippen molar-refractivity contribution in [2.75, 3.05) is 37.7 Å². The van der Waals surface area contributed by atoms with E-state index in [4.69, 9.17) is 21.3 Å². The summed E-state index contributed by atoms with van der Waals surface area (Å²) in [6.07, 6.45) is 3.30. The number of amides is 1. The van der Waals surface area contributed by atoms with E-state index in [-0.39, 0.29) is 5.91 Å². The normalized spacial score (nSPS) is 11.3. The van der Waals surface area contributed by atoms with Crippen molar-refractivity contribution in [1.29, 1.82) is 0 Å². The van der Waals surface area contributed by atoms with E-state index in [1.165, 1.54) is 11.3 Å². The summed E-state index contributed by atoms with van der Waals surface area (Å²) in [6, 6.07) is 13.1. The highest BCUT2D eigenvalue weighted by molar-refractivity contribution is 7.22. The lowest BCUT2D eigenvalue weighted by molar-refractivity contribution is 0.0983. The topological polar surface area (TPSA) is 45.7 Å². The van der Waals surface area contributed by atoms with Gasteiger partial charge in [0.05, 0.1) is 16.8 Å². The third-order valence-electron chi connectivity index (χ3n) is 5.45. The van der Waals surface area contributed by atoms with Crippen LogP contribution in [0, 0.1) is 0 Å². The maximum atomic E-state index is 13.6. The molecule has 0 saturated heterocycles. The highest BCUT2D eigenvalue weighted by Gasteiger charge is 2.22. The largest absolute Gasteiger partial charge is 0.494 e. The molecule has 0 saturated carbocycles. The third-order valence-corrected chi connectivity index (χ3v) is 6.72. The van der Waals surface area contributed by atoms with Crippen LogP contribution < -0.4 is 9.64 Å². The van der Waals surface area contributed by atoms with Gasteiger partial charge in [-0.3, -0.25) is 9.69 Å². The fraction of sp³-hybridized carbons (Fsp3) is 0.440. The van der Waals surface area contributed by atoms with Gasteiger partial charge in [-0.05, 0) is 55.9 Å². The second-order valence-electron chi connectivity index (χ2n) is 7.68. The number of carbonyl (C=O) groups is 1. The van der Waals surface area contributed by atoms with Crippen molar-refractivity contribution in [3.63, 3.8) is 0 Å². The fourth-order valence-corrected chi connectivity index (χ4v) is 4.75. The lowest BCUT2D eigenvalue weighted by Gasteiger charge is -2.25. The van der Waals surface area contributed by atoms with E-state index >= 15 is 0 Å². The van der Waals surface area contributed by atoms with E-state index in [1.54, 1.807) is 4.90 Å². The first-order chi connectivity index (χ1) is 15.5. The van der Waals surface area contributed by atoms with Crippen LogP contribution in [0.1, 0.15) is 50.4 Å². The molecule has 2 aromatic carbocycles. The molecule has 172 valence electrons. The lowest BCUT2D eigenvalue weighted by Crippen LogP contribution is -2.38. The van der Waals surface area contributed by atoms with Gasteiger partial charge in [-0.2, -0.15) is 0 Å². The Balaban J connectivity index is 1.85. The van der Waals surface area contributed by atoms with Crippen LogP contribution in [0.15, 0.2) is 42.5 Å². The van der Waals surface area contributed by atoms with E-state index in [2.05, 4.69) is 25.7 Å². The number of anilines is 1. The van der Waals surface area contributed by atoms with Gasteiger partial charge < -0.3 is 9.64 Å². The van der Waals surface area contributed by atoms with Crippen LogP contribution in [-0.4, -0.2) is 48.6 Å². The molecule has 1 aromatic heterocycles. The molecule has 7 heteroatoms. The molecule has 0 spiro atoms. The number of benzene rings is 2. The van der Waals surface area contributed by atoms with Gasteiger partial charge in [-0.1, -0.05) is 62.6 Å². The molecule has 1 heterocycles. The van der Waals surface area contributed by atoms with Crippen molar-refractivity contribution >= 4 is 44.2 Å². The first-order valence-corrected chi connectivity index (χ1v) is 12.6. The van der Waals surface area contributed by atoms with Crippen LogP contribution in [0.25, 0.3) is 10.2 Å². The Labute approximate surface area is 200 Å². The molecule has 0 aliphatic heterocycles. The summed E-state index contributed by atoms with van der Waals surface area (Å²) in [5, 5.41) is 1.36. The summed E-state index contributed by atoms with van der Waals surface area (Å²) in [7, 11) is 0. The molecule has 0 aliphatic carbocycles. The van der Waals surface area contributed by atoms with Crippen LogP contribution in [0.3, 0.4) is 0 Å². The van der Waals surface area contributed by atoms with Gasteiger partial charge >= 0.3 is 0 Å². The van der Waals surface area contributed by atoms with Crippen molar-refractivity contribution in [3.8, 4) is 5.75 Å². The molecule has 0 fully saturated rings. The molecule has 3 rings (SSSR count). The Morgan fingerprint density at radius 2 is 1.88 bits per heavy atom. The number of aromatic nitrogens is 1. The number of likely N-dealkylation sites (N-methyl/N-ethyl adjacent to an activating group) is 1. The van der Waals surface area contributed by atoms with Gasteiger partial charge in [0.25, 0.3) is 5.91 Å². The van der Waals surface area contributed by atoms with Gasteiger partial charge in [-0.15, -0.1) is 0 Å². The first-order valence-electron chi connectivity index (χ1n) is 11.4. The predicted molar refractivity (Wildman–Crippen MR) is 136 cm³/mol. The second kappa shape index (κ2) is 12.2. The number of unbranched alkanes of at least 4 members (excludes halogenated alkanes) is 2. The van der Waals surface area contributed by atoms with Crippen LogP contribution in [-0.2, 0) is 0 Å². The Hall–Kier alpha value is -2.15. The number of fused-ring (bicyclic) bond motifs is 1. The average Bonchev–Trinajstić information content (AvgIpc) is 3.22. The van der Waals surface area contributed by atoms with Crippen LogP contribution >= 0.6 is 22.9 Å². The zero-order chi connectivity index (χ0) is 22.9. The first kappa shape index (κ1) is 24.5. The summed E-state index contributed by atoms with van der Waals surface area (Å²) in [5.74, 6) is 0.660. The standard InChI is InChI=1S/C25H32ClN3O2S/c1-4-7-8-16-31-21-11-9-10-19(17-21)24(30)29(15-14-28(5-2)6-3)25-27-22-13-12-20(26)18-23(22)32-25/h9-13,17-18H,4-8,14-16H2,1-3H3. The number of rotatable bonds is 12. The number of hydrogen-bond acceptors (Lipinski definition) is 5. The molecule has 0 N–H and O–H groups in total. The van der Waals surface area contributed by atoms with Gasteiger partial charge in [-0.25, -0.2) is 4.98 Å². The Morgan fingerprint density at radius 1 is 1.06 bits per heavy atom. The zero-order valence-corrected chi connectivity index (χ0v) is 20.7. The number of hydrogen-bond donors (Lipinski definition) is 0. The molecule has 0 unspecified atom stereocenters. The number of thiazole rings is 1. The van der Waals surface area contributed by atoms with E-state index in [9.17, 15) is 4.79 Å². The van der Waals surface area contributed by atoms with E-state index in [1.807, 2.05) is 42.5 Å². The lowest BCUT2D eigenvalue weighted by atomic mass is 10.2. The molecule has 0 aliphatic rings. The van der Waals surface area contributed by atoms with Crippen LogP contribution in [0.2, 0.25) is 5.02 Å². The molecule has 1 amide bonds. The second-order valence-corrected chi connectivity index (χ2v) is 9.12. The average molecular weight is 474 g/mol. The van der Waals surface area contributed by atoms with Gasteiger partial charge in [0.2, 0.25) is 0 Å². The van der Waals surface area contributed by atoms with E-state index in [0.29, 0.717) is 28.9 Å². The third kappa shape index (κ3) is 6.44. The molecular formula is C25H32ClN3O2S. The molecule has 0 atom stereocenters. The summed E-state index contributed by atoms with van der Waals surface area (Å²) >= 11 is 7.66. The minimum atomic E-state index is -0.0682. The quantitative estimate of drug-likeness (QED) is 0.281. The predicted octanol–water partition coefficient (Wildman–Crippen LogP) is 6.51. The summed E-state index contributed by atoms with van der Waals surface area (Å²) in [5.41, 5.74) is 1.46. The fourth-order valence-electron chi connectivity index (χ4n) is 3.48. The van der Waals surface area contributed by atoms with Gasteiger partial charge in [0.1, 0.15) is 5.75 Å². The van der Waals surface area contributed by atoms with E-state index in [0.717, 1.165) is 54.9 Å². The number of ether oxygens (including phenoxy) is 1. The highest BCUT2D eigenvalue weighted by Crippen LogP contribution is 2.31.